The Morgan fingerprint density at radius 2 is 1.95 bits per heavy atom. The van der Waals surface area contributed by atoms with Crippen molar-refractivity contribution in [1.82, 2.24) is 10.7 Å². The summed E-state index contributed by atoms with van der Waals surface area (Å²) in [6.07, 6.45) is 3.32. The molecular weight excluding hydrogens is 252 g/mol. The van der Waals surface area contributed by atoms with Crippen molar-refractivity contribution in [3.63, 3.8) is 0 Å². The maximum absolute atomic E-state index is 11.9. The van der Waals surface area contributed by atoms with E-state index in [2.05, 4.69) is 22.9 Å². The first kappa shape index (κ1) is 16.6. The lowest BCUT2D eigenvalue weighted by Crippen LogP contribution is -2.45. The van der Waals surface area contributed by atoms with Crippen molar-refractivity contribution in [2.24, 2.45) is 11.6 Å². The molecule has 1 aromatic rings. The SMILES string of the molecule is CC(Cc1ccccc1)NC(=O)C(N)CCCCNN. The molecule has 1 rings (SSSR count). The molecule has 5 heteroatoms. The van der Waals surface area contributed by atoms with Crippen molar-refractivity contribution in [2.45, 2.75) is 44.7 Å². The highest BCUT2D eigenvalue weighted by atomic mass is 16.2. The van der Waals surface area contributed by atoms with Crippen LogP contribution in [0.2, 0.25) is 0 Å². The van der Waals surface area contributed by atoms with Crippen molar-refractivity contribution < 1.29 is 4.79 Å². The van der Waals surface area contributed by atoms with Gasteiger partial charge in [0.2, 0.25) is 5.91 Å². The van der Waals surface area contributed by atoms with Crippen LogP contribution in [0, 0.1) is 0 Å². The molecule has 0 radical (unpaired) electrons. The number of rotatable bonds is 9. The van der Waals surface area contributed by atoms with Gasteiger partial charge in [-0.15, -0.1) is 0 Å². The topological polar surface area (TPSA) is 93.2 Å². The van der Waals surface area contributed by atoms with Crippen LogP contribution in [-0.4, -0.2) is 24.5 Å². The number of hydrogen-bond donors (Lipinski definition) is 4. The summed E-state index contributed by atoms with van der Waals surface area (Å²) in [5, 5.41) is 2.96. The molecule has 0 bridgehead atoms. The van der Waals surface area contributed by atoms with Gasteiger partial charge in [0.25, 0.3) is 0 Å². The summed E-state index contributed by atoms with van der Waals surface area (Å²) >= 11 is 0. The summed E-state index contributed by atoms with van der Waals surface area (Å²) in [7, 11) is 0. The average Bonchev–Trinajstić information content (AvgIpc) is 2.44. The highest BCUT2D eigenvalue weighted by Crippen LogP contribution is 2.04. The van der Waals surface area contributed by atoms with Crippen LogP contribution >= 0.6 is 0 Å². The average molecular weight is 278 g/mol. The lowest BCUT2D eigenvalue weighted by molar-refractivity contribution is -0.123. The van der Waals surface area contributed by atoms with Crippen molar-refractivity contribution in [3.8, 4) is 0 Å². The number of hydrogen-bond acceptors (Lipinski definition) is 4. The molecule has 6 N–H and O–H groups in total. The van der Waals surface area contributed by atoms with Crippen molar-refractivity contribution in [1.29, 1.82) is 0 Å². The summed E-state index contributed by atoms with van der Waals surface area (Å²) in [5.74, 6) is 5.11. The van der Waals surface area contributed by atoms with E-state index in [1.165, 1.54) is 5.56 Å². The normalized spacial score (nSPS) is 13.8. The number of carbonyl (C=O) groups excluding carboxylic acids is 1. The second kappa shape index (κ2) is 9.47. The molecule has 0 aliphatic carbocycles. The number of unbranched alkanes of at least 4 members (excludes halogenated alkanes) is 1. The van der Waals surface area contributed by atoms with Gasteiger partial charge in [-0.25, -0.2) is 0 Å². The monoisotopic (exact) mass is 278 g/mol. The lowest BCUT2D eigenvalue weighted by atomic mass is 10.1. The number of amides is 1. The zero-order valence-electron chi connectivity index (χ0n) is 12.1. The molecule has 0 fully saturated rings. The molecule has 0 saturated heterocycles. The third-order valence-electron chi connectivity index (χ3n) is 3.20. The second-order valence-electron chi connectivity index (χ2n) is 5.16. The Bertz CT molecular complexity index is 383. The molecule has 2 atom stereocenters. The Labute approximate surface area is 121 Å². The summed E-state index contributed by atoms with van der Waals surface area (Å²) in [5.41, 5.74) is 9.68. The van der Waals surface area contributed by atoms with Gasteiger partial charge in [-0.3, -0.25) is 16.1 Å². The van der Waals surface area contributed by atoms with E-state index < -0.39 is 6.04 Å². The Morgan fingerprint density at radius 3 is 2.60 bits per heavy atom. The number of nitrogens with one attached hydrogen (secondary N) is 2. The van der Waals surface area contributed by atoms with Gasteiger partial charge in [0.15, 0.2) is 0 Å². The van der Waals surface area contributed by atoms with Gasteiger partial charge in [0.05, 0.1) is 6.04 Å². The highest BCUT2D eigenvalue weighted by molar-refractivity contribution is 5.81. The molecule has 0 aliphatic heterocycles. The van der Waals surface area contributed by atoms with Gasteiger partial charge in [0.1, 0.15) is 0 Å². The van der Waals surface area contributed by atoms with Crippen molar-refractivity contribution in [3.05, 3.63) is 35.9 Å². The molecule has 112 valence electrons. The smallest absolute Gasteiger partial charge is 0.237 e. The van der Waals surface area contributed by atoms with E-state index in [0.717, 1.165) is 25.8 Å². The summed E-state index contributed by atoms with van der Waals surface area (Å²) in [6.45, 7) is 2.74. The van der Waals surface area contributed by atoms with Crippen LogP contribution in [0.4, 0.5) is 0 Å². The van der Waals surface area contributed by atoms with Gasteiger partial charge in [-0.1, -0.05) is 36.8 Å². The number of hydrazine groups is 1. The zero-order valence-corrected chi connectivity index (χ0v) is 12.1. The van der Waals surface area contributed by atoms with E-state index in [-0.39, 0.29) is 11.9 Å². The minimum Gasteiger partial charge on any atom is -0.352 e. The first-order chi connectivity index (χ1) is 9.63. The molecular formula is C15H26N4O. The fraction of sp³-hybridized carbons (Fsp3) is 0.533. The second-order valence-corrected chi connectivity index (χ2v) is 5.16. The third kappa shape index (κ3) is 6.65. The fourth-order valence-electron chi connectivity index (χ4n) is 2.09. The highest BCUT2D eigenvalue weighted by Gasteiger charge is 2.15. The largest absolute Gasteiger partial charge is 0.352 e. The Balaban J connectivity index is 2.26. The van der Waals surface area contributed by atoms with E-state index >= 15 is 0 Å². The van der Waals surface area contributed by atoms with E-state index in [4.69, 9.17) is 11.6 Å². The van der Waals surface area contributed by atoms with Gasteiger partial charge in [0, 0.05) is 12.6 Å². The molecule has 5 nitrogen and oxygen atoms in total. The Hall–Kier alpha value is -1.43. The molecule has 0 aromatic heterocycles. The molecule has 1 aromatic carbocycles. The van der Waals surface area contributed by atoms with Crippen molar-refractivity contribution >= 4 is 5.91 Å². The van der Waals surface area contributed by atoms with Crippen LogP contribution in [0.3, 0.4) is 0 Å². The van der Waals surface area contributed by atoms with Crippen LogP contribution < -0.4 is 22.3 Å². The zero-order chi connectivity index (χ0) is 14.8. The minimum atomic E-state index is -0.439. The van der Waals surface area contributed by atoms with E-state index in [9.17, 15) is 4.79 Å². The van der Waals surface area contributed by atoms with Crippen LogP contribution in [0.15, 0.2) is 30.3 Å². The lowest BCUT2D eigenvalue weighted by Gasteiger charge is -2.17. The van der Waals surface area contributed by atoms with Crippen LogP contribution in [0.1, 0.15) is 31.7 Å². The summed E-state index contributed by atoms with van der Waals surface area (Å²) in [4.78, 5) is 11.9. The molecule has 0 heterocycles. The summed E-state index contributed by atoms with van der Waals surface area (Å²) < 4.78 is 0. The van der Waals surface area contributed by atoms with Gasteiger partial charge in [-0.05, 0) is 31.7 Å². The maximum Gasteiger partial charge on any atom is 0.237 e. The minimum absolute atomic E-state index is 0.0749. The van der Waals surface area contributed by atoms with E-state index in [1.807, 2.05) is 25.1 Å². The molecule has 2 unspecified atom stereocenters. The molecule has 1 amide bonds. The Morgan fingerprint density at radius 1 is 1.25 bits per heavy atom. The predicted octanol–water partition coefficient (Wildman–Crippen LogP) is 0.695. The van der Waals surface area contributed by atoms with Crippen molar-refractivity contribution in [2.75, 3.05) is 6.54 Å². The molecule has 0 spiro atoms. The van der Waals surface area contributed by atoms with Crippen LogP contribution in [0.25, 0.3) is 0 Å². The Kier molecular flexibility index (Phi) is 7.87. The number of carbonyl (C=O) groups is 1. The number of benzene rings is 1. The van der Waals surface area contributed by atoms with Gasteiger partial charge >= 0.3 is 0 Å². The third-order valence-corrected chi connectivity index (χ3v) is 3.20. The molecule has 0 aliphatic rings. The van der Waals surface area contributed by atoms with E-state index in [1.54, 1.807) is 0 Å². The predicted molar refractivity (Wildman–Crippen MR) is 81.8 cm³/mol. The molecule has 0 saturated carbocycles. The number of nitrogens with two attached hydrogens (primary N) is 2. The quantitative estimate of drug-likeness (QED) is 0.304. The fourth-order valence-corrected chi connectivity index (χ4v) is 2.09. The molecule has 20 heavy (non-hydrogen) atoms. The van der Waals surface area contributed by atoms with Crippen LogP contribution in [0.5, 0.6) is 0 Å². The summed E-state index contributed by atoms with van der Waals surface area (Å²) in [6, 6.07) is 9.75. The first-order valence-electron chi connectivity index (χ1n) is 7.17. The van der Waals surface area contributed by atoms with Gasteiger partial charge in [-0.2, -0.15) is 0 Å². The first-order valence-corrected chi connectivity index (χ1v) is 7.17. The van der Waals surface area contributed by atoms with Crippen LogP contribution in [-0.2, 0) is 11.2 Å². The maximum atomic E-state index is 11.9. The van der Waals surface area contributed by atoms with E-state index in [0.29, 0.717) is 6.42 Å². The standard InChI is InChI=1S/C15H26N4O/c1-12(11-13-7-3-2-4-8-13)19-15(20)14(16)9-5-6-10-18-17/h2-4,7-8,12,14,18H,5-6,9-11,16-17H2,1H3,(H,19,20). The van der Waals surface area contributed by atoms with Gasteiger partial charge < -0.3 is 11.1 Å².